The van der Waals surface area contributed by atoms with Gasteiger partial charge in [-0.25, -0.2) is 4.79 Å². The maximum Gasteiger partial charge on any atom is 0.338 e. The van der Waals surface area contributed by atoms with Gasteiger partial charge < -0.3 is 14.8 Å². The van der Waals surface area contributed by atoms with Crippen LogP contribution < -0.4 is 5.32 Å². The van der Waals surface area contributed by atoms with Gasteiger partial charge in [0.05, 0.1) is 25.4 Å². The summed E-state index contributed by atoms with van der Waals surface area (Å²) < 4.78 is 10.5. The van der Waals surface area contributed by atoms with Gasteiger partial charge in [-0.1, -0.05) is 36.4 Å². The molecule has 2 aromatic carbocycles. The van der Waals surface area contributed by atoms with Crippen LogP contribution in [0.5, 0.6) is 0 Å². The summed E-state index contributed by atoms with van der Waals surface area (Å²) in [6.45, 7) is 6.79. The van der Waals surface area contributed by atoms with Crippen LogP contribution in [0.3, 0.4) is 0 Å². The van der Waals surface area contributed by atoms with Gasteiger partial charge in [0.2, 0.25) is 0 Å². The van der Waals surface area contributed by atoms with Gasteiger partial charge in [-0.3, -0.25) is 4.90 Å². The predicted molar refractivity (Wildman–Crippen MR) is 107 cm³/mol. The Morgan fingerprint density at radius 1 is 1.07 bits per heavy atom. The molecule has 0 aromatic heterocycles. The Morgan fingerprint density at radius 3 is 2.22 bits per heavy atom. The number of morpholine rings is 1. The molecule has 3 rings (SSSR count). The summed E-state index contributed by atoms with van der Waals surface area (Å²) in [5, 5.41) is 3.42. The van der Waals surface area contributed by atoms with Gasteiger partial charge in [0, 0.05) is 25.7 Å². The number of likely N-dealkylation sites (N-methyl/N-ethyl adjacent to an activating group) is 1. The molecule has 1 heterocycles. The first-order valence-corrected chi connectivity index (χ1v) is 9.56. The lowest BCUT2D eigenvalue weighted by atomic mass is 9.99. The van der Waals surface area contributed by atoms with Crippen LogP contribution >= 0.6 is 0 Å². The van der Waals surface area contributed by atoms with Crippen molar-refractivity contribution in [2.45, 2.75) is 13.0 Å². The first kappa shape index (κ1) is 19.5. The van der Waals surface area contributed by atoms with E-state index in [0.29, 0.717) is 18.2 Å². The van der Waals surface area contributed by atoms with E-state index < -0.39 is 0 Å². The number of benzene rings is 2. The van der Waals surface area contributed by atoms with Gasteiger partial charge in [-0.2, -0.15) is 0 Å². The SMILES string of the molecule is CCOC(=O)c1ccc(-c2ccc(C(CN3CCOCC3)NC)cc2)cc1. The molecule has 0 saturated carbocycles. The zero-order valence-electron chi connectivity index (χ0n) is 16.1. The molecular formula is C22H28N2O3. The Bertz CT molecular complexity index is 722. The van der Waals surface area contributed by atoms with Crippen LogP contribution in [0.4, 0.5) is 0 Å². The molecule has 1 atom stereocenters. The van der Waals surface area contributed by atoms with Crippen LogP contribution in [0.15, 0.2) is 48.5 Å². The summed E-state index contributed by atoms with van der Waals surface area (Å²) in [6, 6.07) is 16.5. The summed E-state index contributed by atoms with van der Waals surface area (Å²) in [7, 11) is 2.01. The third-order valence-electron chi connectivity index (χ3n) is 4.94. The second-order valence-electron chi connectivity index (χ2n) is 6.67. The number of nitrogens with one attached hydrogen (secondary N) is 1. The minimum Gasteiger partial charge on any atom is -0.462 e. The number of rotatable bonds is 7. The number of carbonyl (C=O) groups excluding carboxylic acids is 1. The molecule has 1 aliphatic heterocycles. The highest BCUT2D eigenvalue weighted by atomic mass is 16.5. The lowest BCUT2D eigenvalue weighted by Crippen LogP contribution is -2.41. The number of esters is 1. The highest BCUT2D eigenvalue weighted by Crippen LogP contribution is 2.23. The van der Waals surface area contributed by atoms with Crippen molar-refractivity contribution in [3.8, 4) is 11.1 Å². The smallest absolute Gasteiger partial charge is 0.338 e. The van der Waals surface area contributed by atoms with E-state index in [1.54, 1.807) is 0 Å². The van der Waals surface area contributed by atoms with E-state index in [-0.39, 0.29) is 5.97 Å². The van der Waals surface area contributed by atoms with Gasteiger partial charge in [0.15, 0.2) is 0 Å². The average Bonchev–Trinajstić information content (AvgIpc) is 2.73. The number of nitrogens with zero attached hydrogens (tertiary/aromatic N) is 1. The van der Waals surface area contributed by atoms with Gasteiger partial charge >= 0.3 is 5.97 Å². The summed E-state index contributed by atoms with van der Waals surface area (Å²) in [5.74, 6) is -0.278. The highest BCUT2D eigenvalue weighted by molar-refractivity contribution is 5.90. The molecule has 0 amide bonds. The lowest BCUT2D eigenvalue weighted by molar-refractivity contribution is 0.0338. The largest absolute Gasteiger partial charge is 0.462 e. The molecule has 1 aliphatic rings. The molecule has 1 fully saturated rings. The van der Waals surface area contributed by atoms with Crippen molar-refractivity contribution in [2.24, 2.45) is 0 Å². The first-order valence-electron chi connectivity index (χ1n) is 9.56. The second-order valence-corrected chi connectivity index (χ2v) is 6.67. The Hall–Kier alpha value is -2.21. The Morgan fingerprint density at radius 2 is 1.67 bits per heavy atom. The van der Waals surface area contributed by atoms with Gasteiger partial charge in [-0.05, 0) is 42.8 Å². The molecule has 5 heteroatoms. The van der Waals surface area contributed by atoms with Gasteiger partial charge in [0.25, 0.3) is 0 Å². The molecule has 0 spiro atoms. The summed E-state index contributed by atoms with van der Waals surface area (Å²) in [6.07, 6.45) is 0. The molecule has 1 saturated heterocycles. The van der Waals surface area contributed by atoms with E-state index in [4.69, 9.17) is 9.47 Å². The number of ether oxygens (including phenoxy) is 2. The molecule has 1 N–H and O–H groups in total. The van der Waals surface area contributed by atoms with Gasteiger partial charge in [-0.15, -0.1) is 0 Å². The van der Waals surface area contributed by atoms with Crippen molar-refractivity contribution < 1.29 is 14.3 Å². The van der Waals surface area contributed by atoms with Crippen LogP contribution in [0, 0.1) is 0 Å². The maximum atomic E-state index is 11.8. The minimum absolute atomic E-state index is 0.278. The summed E-state index contributed by atoms with van der Waals surface area (Å²) in [5.41, 5.74) is 4.08. The third-order valence-corrected chi connectivity index (χ3v) is 4.94. The van der Waals surface area contributed by atoms with Crippen LogP contribution in [0.1, 0.15) is 28.9 Å². The maximum absolute atomic E-state index is 11.8. The zero-order chi connectivity index (χ0) is 19.1. The average molecular weight is 368 g/mol. The Kier molecular flexibility index (Phi) is 6.98. The van der Waals surface area contributed by atoms with Crippen LogP contribution in [-0.4, -0.2) is 57.4 Å². The van der Waals surface area contributed by atoms with E-state index in [1.807, 2.05) is 38.2 Å². The fourth-order valence-corrected chi connectivity index (χ4v) is 3.33. The molecule has 27 heavy (non-hydrogen) atoms. The topological polar surface area (TPSA) is 50.8 Å². The second kappa shape index (κ2) is 9.65. The lowest BCUT2D eigenvalue weighted by Gasteiger charge is -2.30. The normalized spacial score (nSPS) is 16.1. The summed E-state index contributed by atoms with van der Waals surface area (Å²) >= 11 is 0. The Balaban J connectivity index is 1.67. The monoisotopic (exact) mass is 368 g/mol. The van der Waals surface area contributed by atoms with Crippen molar-refractivity contribution in [1.82, 2.24) is 10.2 Å². The predicted octanol–water partition coefficient (Wildman–Crippen LogP) is 3.12. The highest BCUT2D eigenvalue weighted by Gasteiger charge is 2.17. The molecular weight excluding hydrogens is 340 g/mol. The van der Waals surface area contributed by atoms with Crippen molar-refractivity contribution in [3.05, 3.63) is 59.7 Å². The van der Waals surface area contributed by atoms with E-state index in [9.17, 15) is 4.79 Å². The minimum atomic E-state index is -0.278. The molecule has 5 nitrogen and oxygen atoms in total. The van der Waals surface area contributed by atoms with E-state index in [2.05, 4.69) is 34.5 Å². The molecule has 1 unspecified atom stereocenters. The molecule has 0 radical (unpaired) electrons. The van der Waals surface area contributed by atoms with Crippen molar-refractivity contribution in [3.63, 3.8) is 0 Å². The van der Waals surface area contributed by atoms with E-state index in [0.717, 1.165) is 44.0 Å². The van der Waals surface area contributed by atoms with Crippen molar-refractivity contribution in [1.29, 1.82) is 0 Å². The molecule has 0 aliphatic carbocycles. The standard InChI is InChI=1S/C22H28N2O3/c1-3-27-22(25)20-10-6-18(7-11-20)17-4-8-19(9-5-17)21(23-2)16-24-12-14-26-15-13-24/h4-11,21,23H,3,12-16H2,1-2H3. The number of hydrogen-bond acceptors (Lipinski definition) is 5. The van der Waals surface area contributed by atoms with Crippen LogP contribution in [0.2, 0.25) is 0 Å². The Labute approximate surface area is 161 Å². The fourth-order valence-electron chi connectivity index (χ4n) is 3.33. The zero-order valence-corrected chi connectivity index (χ0v) is 16.1. The van der Waals surface area contributed by atoms with E-state index >= 15 is 0 Å². The summed E-state index contributed by atoms with van der Waals surface area (Å²) in [4.78, 5) is 14.2. The van der Waals surface area contributed by atoms with Crippen molar-refractivity contribution in [2.75, 3.05) is 46.5 Å². The fraction of sp³-hybridized carbons (Fsp3) is 0.409. The number of carbonyl (C=O) groups is 1. The van der Waals surface area contributed by atoms with Gasteiger partial charge in [0.1, 0.15) is 0 Å². The third kappa shape index (κ3) is 5.16. The van der Waals surface area contributed by atoms with E-state index in [1.165, 1.54) is 5.56 Å². The van der Waals surface area contributed by atoms with Crippen molar-refractivity contribution >= 4 is 5.97 Å². The number of hydrogen-bond donors (Lipinski definition) is 1. The van der Waals surface area contributed by atoms with Crippen LogP contribution in [-0.2, 0) is 9.47 Å². The first-order chi connectivity index (χ1) is 13.2. The van der Waals surface area contributed by atoms with Crippen LogP contribution in [0.25, 0.3) is 11.1 Å². The quantitative estimate of drug-likeness (QED) is 0.761. The molecule has 0 bridgehead atoms. The molecule has 2 aromatic rings. The molecule has 144 valence electrons.